The molecular formula is C11H18O2. The average Bonchev–Trinajstić information content (AvgIpc) is 2.47. The molecule has 0 bridgehead atoms. The van der Waals surface area contributed by atoms with Crippen molar-refractivity contribution in [3.8, 4) is 0 Å². The van der Waals surface area contributed by atoms with Crippen LogP contribution in [0.4, 0.5) is 0 Å². The van der Waals surface area contributed by atoms with E-state index in [0.29, 0.717) is 24.0 Å². The van der Waals surface area contributed by atoms with Crippen LogP contribution < -0.4 is 0 Å². The Morgan fingerprint density at radius 3 is 2.69 bits per heavy atom. The third-order valence-electron chi connectivity index (χ3n) is 2.82. The molecule has 2 nitrogen and oxygen atoms in total. The summed E-state index contributed by atoms with van der Waals surface area (Å²) in [6, 6.07) is 0. The predicted molar refractivity (Wildman–Crippen MR) is 52.3 cm³/mol. The Hall–Kier alpha value is -0.790. The molecule has 2 unspecified atom stereocenters. The van der Waals surface area contributed by atoms with Gasteiger partial charge in [-0.25, -0.2) is 4.79 Å². The molecule has 0 amide bonds. The Bertz CT molecular complexity index is 208. The number of carbonyl (C=O) groups is 1. The van der Waals surface area contributed by atoms with E-state index in [1.54, 1.807) is 6.92 Å². The van der Waals surface area contributed by atoms with Crippen molar-refractivity contribution in [2.24, 2.45) is 11.8 Å². The zero-order valence-electron chi connectivity index (χ0n) is 8.51. The lowest BCUT2D eigenvalue weighted by molar-refractivity contribution is -0.140. The standard InChI is InChI=1S/C11H18O2/c1-8(2)11(12)13-7-10-6-4-5-9(10)3/h9-10H,1,4-7H2,2-3H3. The molecule has 1 fully saturated rings. The van der Waals surface area contributed by atoms with Crippen molar-refractivity contribution in [3.63, 3.8) is 0 Å². The molecule has 1 rings (SSSR count). The summed E-state index contributed by atoms with van der Waals surface area (Å²) in [5, 5.41) is 0. The van der Waals surface area contributed by atoms with Gasteiger partial charge in [-0.05, 0) is 25.2 Å². The van der Waals surface area contributed by atoms with Crippen LogP contribution in [0.1, 0.15) is 33.1 Å². The second-order valence-electron chi connectivity index (χ2n) is 4.05. The number of esters is 1. The Labute approximate surface area is 80.0 Å². The summed E-state index contributed by atoms with van der Waals surface area (Å²) in [6.07, 6.45) is 3.75. The maximum absolute atomic E-state index is 11.1. The van der Waals surface area contributed by atoms with E-state index in [1.807, 2.05) is 0 Å². The van der Waals surface area contributed by atoms with Crippen molar-refractivity contribution in [2.45, 2.75) is 33.1 Å². The van der Waals surface area contributed by atoms with E-state index >= 15 is 0 Å². The number of carbonyl (C=O) groups excluding carboxylic acids is 1. The van der Waals surface area contributed by atoms with E-state index in [9.17, 15) is 4.79 Å². The largest absolute Gasteiger partial charge is 0.462 e. The molecular weight excluding hydrogens is 164 g/mol. The molecule has 0 saturated heterocycles. The molecule has 1 saturated carbocycles. The molecule has 1 aliphatic rings. The van der Waals surface area contributed by atoms with Crippen LogP contribution in [0, 0.1) is 11.8 Å². The molecule has 0 aromatic heterocycles. The summed E-state index contributed by atoms with van der Waals surface area (Å²) in [6.45, 7) is 8.03. The van der Waals surface area contributed by atoms with Crippen molar-refractivity contribution >= 4 is 5.97 Å². The normalized spacial score (nSPS) is 27.2. The smallest absolute Gasteiger partial charge is 0.333 e. The molecule has 1 aliphatic carbocycles. The van der Waals surface area contributed by atoms with E-state index in [2.05, 4.69) is 13.5 Å². The minimum Gasteiger partial charge on any atom is -0.462 e. The predicted octanol–water partition coefficient (Wildman–Crippen LogP) is 2.54. The SMILES string of the molecule is C=C(C)C(=O)OCC1CCCC1C. The average molecular weight is 182 g/mol. The third kappa shape index (κ3) is 2.87. The van der Waals surface area contributed by atoms with E-state index in [4.69, 9.17) is 4.74 Å². The van der Waals surface area contributed by atoms with E-state index < -0.39 is 0 Å². The second kappa shape index (κ2) is 4.45. The quantitative estimate of drug-likeness (QED) is 0.495. The Morgan fingerprint density at radius 2 is 2.23 bits per heavy atom. The maximum atomic E-state index is 11.1. The van der Waals surface area contributed by atoms with Gasteiger partial charge in [0.05, 0.1) is 6.61 Å². The fourth-order valence-electron chi connectivity index (χ4n) is 1.78. The minimum absolute atomic E-state index is 0.251. The highest BCUT2D eigenvalue weighted by Crippen LogP contribution is 2.31. The molecule has 0 aliphatic heterocycles. The van der Waals surface area contributed by atoms with Gasteiger partial charge in [0.25, 0.3) is 0 Å². The Balaban J connectivity index is 2.26. The van der Waals surface area contributed by atoms with E-state index in [-0.39, 0.29) is 5.97 Å². The van der Waals surface area contributed by atoms with E-state index in [0.717, 1.165) is 0 Å². The topological polar surface area (TPSA) is 26.3 Å². The highest BCUT2D eigenvalue weighted by molar-refractivity contribution is 5.86. The van der Waals surface area contributed by atoms with Crippen LogP contribution in [0.3, 0.4) is 0 Å². The van der Waals surface area contributed by atoms with Crippen LogP contribution in [0.2, 0.25) is 0 Å². The van der Waals surface area contributed by atoms with Gasteiger partial charge in [-0.1, -0.05) is 26.3 Å². The lowest BCUT2D eigenvalue weighted by Crippen LogP contribution is -2.16. The van der Waals surface area contributed by atoms with Gasteiger partial charge in [0, 0.05) is 5.57 Å². The third-order valence-corrected chi connectivity index (χ3v) is 2.82. The van der Waals surface area contributed by atoms with E-state index in [1.165, 1.54) is 19.3 Å². The zero-order chi connectivity index (χ0) is 9.84. The summed E-state index contributed by atoms with van der Waals surface area (Å²) in [5.41, 5.74) is 0.491. The Kier molecular flexibility index (Phi) is 3.52. The first kappa shape index (κ1) is 10.3. The van der Waals surface area contributed by atoms with Gasteiger partial charge >= 0.3 is 5.97 Å². The summed E-state index contributed by atoms with van der Waals surface area (Å²) in [7, 11) is 0. The zero-order valence-corrected chi connectivity index (χ0v) is 8.51. The summed E-state index contributed by atoms with van der Waals surface area (Å²) < 4.78 is 5.12. The maximum Gasteiger partial charge on any atom is 0.333 e. The van der Waals surface area contributed by atoms with Crippen LogP contribution in [0.5, 0.6) is 0 Å². The molecule has 0 N–H and O–H groups in total. The highest BCUT2D eigenvalue weighted by atomic mass is 16.5. The van der Waals surface area contributed by atoms with Crippen molar-refractivity contribution < 1.29 is 9.53 Å². The molecule has 2 heteroatoms. The molecule has 0 aromatic rings. The number of hydrogen-bond acceptors (Lipinski definition) is 2. The lowest BCUT2D eigenvalue weighted by atomic mass is 9.99. The van der Waals surface area contributed by atoms with Crippen LogP contribution in [-0.4, -0.2) is 12.6 Å². The van der Waals surface area contributed by atoms with Crippen LogP contribution in [0.25, 0.3) is 0 Å². The number of rotatable bonds is 3. The van der Waals surface area contributed by atoms with Gasteiger partial charge in [0.15, 0.2) is 0 Å². The lowest BCUT2D eigenvalue weighted by Gasteiger charge is -2.14. The number of hydrogen-bond donors (Lipinski definition) is 0. The summed E-state index contributed by atoms with van der Waals surface area (Å²) in [4.78, 5) is 11.1. The van der Waals surface area contributed by atoms with Crippen molar-refractivity contribution in [1.82, 2.24) is 0 Å². The first-order valence-electron chi connectivity index (χ1n) is 4.94. The van der Waals surface area contributed by atoms with Gasteiger partial charge < -0.3 is 4.74 Å². The van der Waals surface area contributed by atoms with Gasteiger partial charge in [-0.3, -0.25) is 0 Å². The molecule has 0 spiro atoms. The number of ether oxygens (including phenoxy) is 1. The fourth-order valence-corrected chi connectivity index (χ4v) is 1.78. The molecule has 2 atom stereocenters. The van der Waals surface area contributed by atoms with Crippen LogP contribution in [-0.2, 0) is 9.53 Å². The summed E-state index contributed by atoms with van der Waals surface area (Å²) in [5.74, 6) is 1.03. The minimum atomic E-state index is -0.251. The molecule has 0 heterocycles. The molecule has 0 aromatic carbocycles. The molecule has 74 valence electrons. The first-order valence-corrected chi connectivity index (χ1v) is 4.94. The van der Waals surface area contributed by atoms with Gasteiger partial charge in [-0.2, -0.15) is 0 Å². The van der Waals surface area contributed by atoms with Crippen LogP contribution in [0.15, 0.2) is 12.2 Å². The monoisotopic (exact) mass is 182 g/mol. The second-order valence-corrected chi connectivity index (χ2v) is 4.05. The van der Waals surface area contributed by atoms with Gasteiger partial charge in [0.1, 0.15) is 0 Å². The fraction of sp³-hybridized carbons (Fsp3) is 0.727. The van der Waals surface area contributed by atoms with Gasteiger partial charge in [-0.15, -0.1) is 0 Å². The van der Waals surface area contributed by atoms with Crippen molar-refractivity contribution in [1.29, 1.82) is 0 Å². The Morgan fingerprint density at radius 1 is 1.54 bits per heavy atom. The molecule has 0 radical (unpaired) electrons. The molecule has 13 heavy (non-hydrogen) atoms. The van der Waals surface area contributed by atoms with Gasteiger partial charge in [0.2, 0.25) is 0 Å². The van der Waals surface area contributed by atoms with Crippen molar-refractivity contribution in [3.05, 3.63) is 12.2 Å². The summed E-state index contributed by atoms with van der Waals surface area (Å²) >= 11 is 0. The highest BCUT2D eigenvalue weighted by Gasteiger charge is 2.24. The van der Waals surface area contributed by atoms with Crippen molar-refractivity contribution in [2.75, 3.05) is 6.61 Å². The first-order chi connectivity index (χ1) is 6.11. The van der Waals surface area contributed by atoms with Crippen LogP contribution >= 0.6 is 0 Å².